The summed E-state index contributed by atoms with van der Waals surface area (Å²) in [5, 5.41) is 3.29. The van der Waals surface area contributed by atoms with Crippen LogP contribution in [0.3, 0.4) is 0 Å². The fraction of sp³-hybridized carbons (Fsp3) is 0.938. The van der Waals surface area contributed by atoms with Crippen molar-refractivity contribution >= 4 is 5.97 Å². The topological polar surface area (TPSA) is 41.6 Å². The first-order valence-electron chi connectivity index (χ1n) is 8.27. The molecule has 1 fully saturated rings. The number of likely N-dealkylation sites (tertiary alicyclic amines) is 1. The Morgan fingerprint density at radius 1 is 1.20 bits per heavy atom. The van der Waals surface area contributed by atoms with Crippen molar-refractivity contribution in [2.24, 2.45) is 0 Å². The molecule has 0 aliphatic carbocycles. The lowest BCUT2D eigenvalue weighted by Gasteiger charge is -2.29. The zero-order chi connectivity index (χ0) is 14.8. The molecule has 4 nitrogen and oxygen atoms in total. The lowest BCUT2D eigenvalue weighted by molar-refractivity contribution is -0.150. The Morgan fingerprint density at radius 3 is 2.50 bits per heavy atom. The van der Waals surface area contributed by atoms with E-state index >= 15 is 0 Å². The van der Waals surface area contributed by atoms with Crippen LogP contribution >= 0.6 is 0 Å². The third-order valence-corrected chi connectivity index (χ3v) is 4.14. The Labute approximate surface area is 124 Å². The van der Waals surface area contributed by atoms with Gasteiger partial charge in [0.2, 0.25) is 0 Å². The minimum atomic E-state index is -0.521. The molecule has 1 atom stereocenters. The van der Waals surface area contributed by atoms with Gasteiger partial charge in [-0.3, -0.25) is 4.79 Å². The van der Waals surface area contributed by atoms with E-state index in [0.717, 1.165) is 19.4 Å². The van der Waals surface area contributed by atoms with Crippen molar-refractivity contribution in [3.8, 4) is 0 Å². The minimum absolute atomic E-state index is 0.111. The van der Waals surface area contributed by atoms with Gasteiger partial charge in [0, 0.05) is 0 Å². The Morgan fingerprint density at radius 2 is 1.90 bits per heavy atom. The van der Waals surface area contributed by atoms with Crippen LogP contribution in [0.1, 0.15) is 59.3 Å². The number of carbonyl (C=O) groups excluding carboxylic acids is 1. The van der Waals surface area contributed by atoms with Crippen LogP contribution in [0.4, 0.5) is 0 Å². The first-order valence-corrected chi connectivity index (χ1v) is 8.27. The first-order chi connectivity index (χ1) is 9.62. The Bertz CT molecular complexity index is 278. The molecule has 0 aromatic heterocycles. The van der Waals surface area contributed by atoms with Crippen LogP contribution in [-0.4, -0.2) is 49.2 Å². The molecule has 1 aliphatic heterocycles. The van der Waals surface area contributed by atoms with E-state index in [-0.39, 0.29) is 5.97 Å². The molecule has 20 heavy (non-hydrogen) atoms. The van der Waals surface area contributed by atoms with E-state index < -0.39 is 5.54 Å². The van der Waals surface area contributed by atoms with Crippen LogP contribution in [0.25, 0.3) is 0 Å². The summed E-state index contributed by atoms with van der Waals surface area (Å²) in [5.41, 5.74) is -0.521. The summed E-state index contributed by atoms with van der Waals surface area (Å²) in [6, 6.07) is 0. The van der Waals surface area contributed by atoms with Gasteiger partial charge >= 0.3 is 5.97 Å². The van der Waals surface area contributed by atoms with E-state index in [1.54, 1.807) is 0 Å². The predicted molar refractivity (Wildman–Crippen MR) is 82.9 cm³/mol. The molecule has 0 spiro atoms. The number of likely N-dealkylation sites (N-methyl/N-ethyl adjacent to an activating group) is 1. The average Bonchev–Trinajstić information content (AvgIpc) is 2.45. The second-order valence-electron chi connectivity index (χ2n) is 5.94. The number of piperidine rings is 1. The summed E-state index contributed by atoms with van der Waals surface area (Å²) in [5.74, 6) is -0.111. The number of nitrogens with zero attached hydrogens (tertiary/aromatic N) is 1. The quantitative estimate of drug-likeness (QED) is 0.522. The van der Waals surface area contributed by atoms with Gasteiger partial charge in [0.05, 0.1) is 6.61 Å². The van der Waals surface area contributed by atoms with Gasteiger partial charge in [-0.25, -0.2) is 0 Å². The van der Waals surface area contributed by atoms with Gasteiger partial charge in [-0.2, -0.15) is 0 Å². The van der Waals surface area contributed by atoms with Crippen molar-refractivity contribution in [3.05, 3.63) is 0 Å². The maximum atomic E-state index is 12.1. The number of esters is 1. The van der Waals surface area contributed by atoms with E-state index in [1.165, 1.54) is 45.3 Å². The molecule has 118 valence electrons. The van der Waals surface area contributed by atoms with Gasteiger partial charge in [-0.1, -0.05) is 13.3 Å². The normalized spacial score (nSPS) is 19.6. The van der Waals surface area contributed by atoms with Crippen LogP contribution in [0.5, 0.6) is 0 Å². The van der Waals surface area contributed by atoms with Crippen LogP contribution < -0.4 is 5.32 Å². The van der Waals surface area contributed by atoms with Crippen molar-refractivity contribution in [3.63, 3.8) is 0 Å². The summed E-state index contributed by atoms with van der Waals surface area (Å²) >= 11 is 0. The lowest BCUT2D eigenvalue weighted by Crippen LogP contribution is -2.50. The second kappa shape index (κ2) is 9.35. The van der Waals surface area contributed by atoms with Crippen LogP contribution in [-0.2, 0) is 9.53 Å². The standard InChI is InChI=1S/C16H32N2O2/c1-4-17-16(3,15(19)20-5-2)11-7-10-14-18-12-8-6-9-13-18/h17H,4-14H2,1-3H3. The number of hydrogen-bond donors (Lipinski definition) is 1. The highest BCUT2D eigenvalue weighted by Crippen LogP contribution is 2.17. The van der Waals surface area contributed by atoms with E-state index in [2.05, 4.69) is 10.2 Å². The molecule has 0 amide bonds. The number of ether oxygens (including phenoxy) is 1. The van der Waals surface area contributed by atoms with Gasteiger partial charge < -0.3 is 15.0 Å². The summed E-state index contributed by atoms with van der Waals surface area (Å²) in [7, 11) is 0. The highest BCUT2D eigenvalue weighted by atomic mass is 16.5. The third-order valence-electron chi connectivity index (χ3n) is 4.14. The SMILES string of the molecule is CCNC(C)(CCCCN1CCCCC1)C(=O)OCC. The van der Waals surface area contributed by atoms with E-state index in [0.29, 0.717) is 6.61 Å². The van der Waals surface area contributed by atoms with Crippen molar-refractivity contribution in [2.45, 2.75) is 64.8 Å². The predicted octanol–water partition coefficient (Wildman–Crippen LogP) is 2.57. The minimum Gasteiger partial charge on any atom is -0.465 e. The lowest BCUT2D eigenvalue weighted by atomic mass is 9.94. The Hall–Kier alpha value is -0.610. The largest absolute Gasteiger partial charge is 0.465 e. The Balaban J connectivity index is 2.28. The molecule has 0 aromatic carbocycles. The molecule has 1 saturated heterocycles. The molecule has 1 unspecified atom stereocenters. The summed E-state index contributed by atoms with van der Waals surface area (Å²) < 4.78 is 5.19. The molecule has 1 rings (SSSR count). The number of rotatable bonds is 9. The third kappa shape index (κ3) is 5.80. The molecule has 1 N–H and O–H groups in total. The smallest absolute Gasteiger partial charge is 0.326 e. The van der Waals surface area contributed by atoms with Gasteiger partial charge in [0.1, 0.15) is 5.54 Å². The highest BCUT2D eigenvalue weighted by Gasteiger charge is 2.33. The highest BCUT2D eigenvalue weighted by molar-refractivity contribution is 5.80. The number of unbranched alkanes of at least 4 members (excludes halogenated alkanes) is 1. The Kier molecular flexibility index (Phi) is 8.15. The molecule has 4 heteroatoms. The monoisotopic (exact) mass is 284 g/mol. The molecule has 0 saturated carbocycles. The summed E-state index contributed by atoms with van der Waals surface area (Å²) in [4.78, 5) is 14.6. The van der Waals surface area contributed by atoms with E-state index in [4.69, 9.17) is 4.74 Å². The van der Waals surface area contributed by atoms with Crippen molar-refractivity contribution < 1.29 is 9.53 Å². The average molecular weight is 284 g/mol. The van der Waals surface area contributed by atoms with Gasteiger partial charge in [0.15, 0.2) is 0 Å². The van der Waals surface area contributed by atoms with Crippen molar-refractivity contribution in [1.29, 1.82) is 0 Å². The summed E-state index contributed by atoms with van der Waals surface area (Å²) in [6.07, 6.45) is 7.17. The van der Waals surface area contributed by atoms with E-state index in [1.807, 2.05) is 20.8 Å². The fourth-order valence-electron chi connectivity index (χ4n) is 2.94. The fourth-order valence-corrected chi connectivity index (χ4v) is 2.94. The maximum absolute atomic E-state index is 12.1. The van der Waals surface area contributed by atoms with Crippen LogP contribution in [0.2, 0.25) is 0 Å². The van der Waals surface area contributed by atoms with Crippen LogP contribution in [0, 0.1) is 0 Å². The molecule has 0 radical (unpaired) electrons. The van der Waals surface area contributed by atoms with Crippen LogP contribution in [0.15, 0.2) is 0 Å². The van der Waals surface area contributed by atoms with Crippen molar-refractivity contribution in [2.75, 3.05) is 32.8 Å². The zero-order valence-electron chi connectivity index (χ0n) is 13.5. The number of carbonyl (C=O) groups is 1. The second-order valence-corrected chi connectivity index (χ2v) is 5.94. The molecule has 0 aromatic rings. The zero-order valence-corrected chi connectivity index (χ0v) is 13.5. The number of nitrogens with one attached hydrogen (secondary N) is 1. The molecular weight excluding hydrogens is 252 g/mol. The summed E-state index contributed by atoms with van der Waals surface area (Å²) in [6.45, 7) is 10.8. The molecule has 1 heterocycles. The number of hydrogen-bond acceptors (Lipinski definition) is 4. The molecule has 0 bridgehead atoms. The van der Waals surface area contributed by atoms with Gasteiger partial charge in [0.25, 0.3) is 0 Å². The van der Waals surface area contributed by atoms with E-state index in [9.17, 15) is 4.79 Å². The van der Waals surface area contributed by atoms with Gasteiger partial charge in [-0.05, 0) is 72.1 Å². The maximum Gasteiger partial charge on any atom is 0.326 e. The van der Waals surface area contributed by atoms with Gasteiger partial charge in [-0.15, -0.1) is 0 Å². The molecular formula is C16H32N2O2. The molecule has 1 aliphatic rings. The van der Waals surface area contributed by atoms with Crippen molar-refractivity contribution in [1.82, 2.24) is 10.2 Å². The first kappa shape index (κ1) is 17.4.